The normalized spacial score (nSPS) is 12.6. The van der Waals surface area contributed by atoms with Gasteiger partial charge in [-0.25, -0.2) is 8.78 Å². The molecule has 0 spiro atoms. The van der Waals surface area contributed by atoms with Gasteiger partial charge >= 0.3 is 5.97 Å². The van der Waals surface area contributed by atoms with Gasteiger partial charge in [-0.2, -0.15) is 0 Å². The van der Waals surface area contributed by atoms with Crippen LogP contribution >= 0.6 is 0 Å². The topological polar surface area (TPSA) is 37.3 Å². The molecule has 0 bridgehead atoms. The Kier molecular flexibility index (Phi) is 3.62. The maximum atomic E-state index is 13.6. The Morgan fingerprint density at radius 1 is 1.31 bits per heavy atom. The van der Waals surface area contributed by atoms with Crippen molar-refractivity contribution in [3.63, 3.8) is 0 Å². The van der Waals surface area contributed by atoms with Crippen LogP contribution in [0, 0.1) is 31.4 Å². The quantitative estimate of drug-likeness (QED) is 0.863. The molecule has 2 nitrogen and oxygen atoms in total. The first-order valence-corrected chi connectivity index (χ1v) is 5.01. The van der Waals surface area contributed by atoms with Crippen molar-refractivity contribution in [1.82, 2.24) is 0 Å². The van der Waals surface area contributed by atoms with E-state index >= 15 is 0 Å². The number of hydrogen-bond acceptors (Lipinski definition) is 1. The summed E-state index contributed by atoms with van der Waals surface area (Å²) in [5.41, 5.74) is 0.547. The van der Waals surface area contributed by atoms with Gasteiger partial charge in [0.05, 0.1) is 5.92 Å². The molecule has 4 heteroatoms. The molecule has 0 aliphatic heterocycles. The molecule has 1 rings (SSSR count). The highest BCUT2D eigenvalue weighted by molar-refractivity contribution is 5.70. The minimum Gasteiger partial charge on any atom is -0.481 e. The van der Waals surface area contributed by atoms with E-state index in [4.69, 9.17) is 5.11 Å². The molecule has 0 fully saturated rings. The Labute approximate surface area is 92.9 Å². The largest absolute Gasteiger partial charge is 0.481 e. The third-order valence-electron chi connectivity index (χ3n) is 2.59. The molecule has 0 amide bonds. The van der Waals surface area contributed by atoms with Crippen LogP contribution < -0.4 is 0 Å². The van der Waals surface area contributed by atoms with Crippen LogP contribution in [0.15, 0.2) is 6.07 Å². The summed E-state index contributed by atoms with van der Waals surface area (Å²) in [6.07, 6.45) is -0.129. The monoisotopic (exact) mass is 228 g/mol. The number of hydrogen-bond donors (Lipinski definition) is 1. The summed E-state index contributed by atoms with van der Waals surface area (Å²) in [5, 5.41) is 8.72. The maximum absolute atomic E-state index is 13.6. The first kappa shape index (κ1) is 12.6. The number of carbonyl (C=O) groups is 1. The van der Waals surface area contributed by atoms with E-state index in [2.05, 4.69) is 0 Å². The number of aryl methyl sites for hydroxylation is 2. The Morgan fingerprint density at radius 2 is 1.75 bits per heavy atom. The van der Waals surface area contributed by atoms with Crippen LogP contribution in [0.4, 0.5) is 8.78 Å². The van der Waals surface area contributed by atoms with Crippen LogP contribution in [0.1, 0.15) is 23.6 Å². The minimum absolute atomic E-state index is 0.129. The molecule has 1 aromatic carbocycles. The van der Waals surface area contributed by atoms with E-state index in [1.807, 2.05) is 0 Å². The van der Waals surface area contributed by atoms with Crippen molar-refractivity contribution in [1.29, 1.82) is 0 Å². The van der Waals surface area contributed by atoms with Gasteiger partial charge in [0.2, 0.25) is 0 Å². The van der Waals surface area contributed by atoms with Crippen LogP contribution in [-0.2, 0) is 11.2 Å². The van der Waals surface area contributed by atoms with E-state index < -0.39 is 23.5 Å². The van der Waals surface area contributed by atoms with Crippen LogP contribution in [-0.4, -0.2) is 11.1 Å². The summed E-state index contributed by atoms with van der Waals surface area (Å²) in [5.74, 6) is -3.14. The predicted octanol–water partition coefficient (Wildman–Crippen LogP) is 2.84. The second-order valence-corrected chi connectivity index (χ2v) is 4.06. The molecular weight excluding hydrogens is 214 g/mol. The maximum Gasteiger partial charge on any atom is 0.306 e. The fourth-order valence-corrected chi connectivity index (χ4v) is 1.60. The van der Waals surface area contributed by atoms with Gasteiger partial charge < -0.3 is 5.11 Å². The lowest BCUT2D eigenvalue weighted by Crippen LogP contribution is -2.15. The lowest BCUT2D eigenvalue weighted by atomic mass is 9.96. The van der Waals surface area contributed by atoms with Gasteiger partial charge in [0, 0.05) is 5.56 Å². The number of benzene rings is 1. The van der Waals surface area contributed by atoms with Gasteiger partial charge in [0.15, 0.2) is 0 Å². The van der Waals surface area contributed by atoms with E-state index in [1.165, 1.54) is 26.8 Å². The van der Waals surface area contributed by atoms with Crippen LogP contribution in [0.2, 0.25) is 0 Å². The summed E-state index contributed by atoms with van der Waals surface area (Å²) >= 11 is 0. The van der Waals surface area contributed by atoms with Gasteiger partial charge in [0.25, 0.3) is 0 Å². The molecule has 0 saturated heterocycles. The van der Waals surface area contributed by atoms with E-state index in [9.17, 15) is 13.6 Å². The Balaban J connectivity index is 3.17. The zero-order chi connectivity index (χ0) is 12.5. The molecule has 0 saturated carbocycles. The molecule has 0 heterocycles. The minimum atomic E-state index is -1.06. The zero-order valence-corrected chi connectivity index (χ0v) is 9.47. The van der Waals surface area contributed by atoms with Gasteiger partial charge in [-0.1, -0.05) is 13.0 Å². The third-order valence-corrected chi connectivity index (χ3v) is 2.59. The summed E-state index contributed by atoms with van der Waals surface area (Å²) in [6.45, 7) is 4.51. The summed E-state index contributed by atoms with van der Waals surface area (Å²) in [6, 6.07) is 1.42. The average molecular weight is 228 g/mol. The van der Waals surface area contributed by atoms with Crippen molar-refractivity contribution < 1.29 is 18.7 Å². The van der Waals surface area contributed by atoms with E-state index in [-0.39, 0.29) is 12.0 Å². The Bertz CT molecular complexity index is 401. The number of halogens is 2. The smallest absolute Gasteiger partial charge is 0.306 e. The van der Waals surface area contributed by atoms with Crippen molar-refractivity contribution in [2.75, 3.05) is 0 Å². The number of aliphatic carboxylic acids is 1. The van der Waals surface area contributed by atoms with Gasteiger partial charge in [0.1, 0.15) is 11.6 Å². The van der Waals surface area contributed by atoms with E-state index in [0.717, 1.165) is 0 Å². The molecule has 1 N–H and O–H groups in total. The zero-order valence-electron chi connectivity index (χ0n) is 9.47. The second-order valence-electron chi connectivity index (χ2n) is 4.06. The predicted molar refractivity (Wildman–Crippen MR) is 56.3 cm³/mol. The Morgan fingerprint density at radius 3 is 2.12 bits per heavy atom. The average Bonchev–Trinajstić information content (AvgIpc) is 2.21. The number of carboxylic acid groups (broad SMARTS) is 1. The molecule has 1 aromatic rings. The number of rotatable bonds is 3. The van der Waals surface area contributed by atoms with Gasteiger partial charge in [-0.15, -0.1) is 0 Å². The highest BCUT2D eigenvalue weighted by Crippen LogP contribution is 2.22. The van der Waals surface area contributed by atoms with E-state index in [1.54, 1.807) is 0 Å². The van der Waals surface area contributed by atoms with Gasteiger partial charge in [-0.3, -0.25) is 4.79 Å². The van der Waals surface area contributed by atoms with Gasteiger partial charge in [-0.05, 0) is 31.4 Å². The fraction of sp³-hybridized carbons (Fsp3) is 0.417. The van der Waals surface area contributed by atoms with Crippen LogP contribution in [0.3, 0.4) is 0 Å². The van der Waals surface area contributed by atoms with Crippen molar-refractivity contribution in [3.8, 4) is 0 Å². The molecule has 0 aliphatic rings. The first-order valence-electron chi connectivity index (χ1n) is 5.01. The summed E-state index contributed by atoms with van der Waals surface area (Å²) < 4.78 is 27.3. The first-order chi connectivity index (χ1) is 7.34. The van der Waals surface area contributed by atoms with Crippen molar-refractivity contribution >= 4 is 5.97 Å². The van der Waals surface area contributed by atoms with Crippen molar-refractivity contribution in [2.45, 2.75) is 27.2 Å². The summed E-state index contributed by atoms with van der Waals surface area (Å²) in [7, 11) is 0. The lowest BCUT2D eigenvalue weighted by molar-refractivity contribution is -0.141. The highest BCUT2D eigenvalue weighted by Gasteiger charge is 2.20. The molecule has 1 atom stereocenters. The SMILES string of the molecule is Cc1cc(C)c(F)c(CC(C)C(=O)O)c1F. The lowest BCUT2D eigenvalue weighted by Gasteiger charge is -2.12. The van der Waals surface area contributed by atoms with Crippen LogP contribution in [0.5, 0.6) is 0 Å². The molecular formula is C12H14F2O2. The van der Waals surface area contributed by atoms with Crippen LogP contribution in [0.25, 0.3) is 0 Å². The van der Waals surface area contributed by atoms with Crippen molar-refractivity contribution in [3.05, 3.63) is 34.4 Å². The molecule has 1 unspecified atom stereocenters. The summed E-state index contributed by atoms with van der Waals surface area (Å²) in [4.78, 5) is 10.7. The highest BCUT2D eigenvalue weighted by atomic mass is 19.1. The standard InChI is InChI=1S/C12H14F2O2/c1-6-4-7(2)11(14)9(10(6)13)5-8(3)12(15)16/h4,8H,5H2,1-3H3,(H,15,16). The molecule has 0 aromatic heterocycles. The fourth-order valence-electron chi connectivity index (χ4n) is 1.60. The van der Waals surface area contributed by atoms with E-state index in [0.29, 0.717) is 11.1 Å². The molecule has 0 radical (unpaired) electrons. The molecule has 16 heavy (non-hydrogen) atoms. The molecule has 0 aliphatic carbocycles. The number of carboxylic acids is 1. The second kappa shape index (κ2) is 4.60. The molecule has 88 valence electrons. The third kappa shape index (κ3) is 2.38. The Hall–Kier alpha value is -1.45. The van der Waals surface area contributed by atoms with Crippen molar-refractivity contribution in [2.24, 2.45) is 5.92 Å².